The van der Waals surface area contributed by atoms with E-state index in [0.717, 1.165) is 5.69 Å². The molecule has 0 amide bonds. The summed E-state index contributed by atoms with van der Waals surface area (Å²) in [6.07, 6.45) is 1.57. The monoisotopic (exact) mass is 364 g/mol. The highest BCUT2D eigenvalue weighted by Crippen LogP contribution is 2.27. The summed E-state index contributed by atoms with van der Waals surface area (Å²) >= 11 is 6.22. The molecule has 0 fully saturated rings. The predicted molar refractivity (Wildman–Crippen MR) is 98.9 cm³/mol. The molecule has 2 aromatic carbocycles. The van der Waals surface area contributed by atoms with Gasteiger partial charge in [0.25, 0.3) is 5.78 Å². The summed E-state index contributed by atoms with van der Waals surface area (Å²) in [5.74, 6) is -1.18. The third-order valence-corrected chi connectivity index (χ3v) is 4.32. The van der Waals surface area contributed by atoms with Gasteiger partial charge in [0.05, 0.1) is 28.3 Å². The molecule has 0 saturated heterocycles. The molecule has 4 rings (SSSR count). The van der Waals surface area contributed by atoms with Gasteiger partial charge in [0.15, 0.2) is 5.71 Å². The molecule has 128 valence electrons. The molecular weight excluding hydrogens is 352 g/mol. The van der Waals surface area contributed by atoms with Gasteiger partial charge in [-0.15, -0.1) is 0 Å². The first kappa shape index (κ1) is 16.2. The lowest BCUT2D eigenvalue weighted by atomic mass is 10.1. The first-order valence-electron chi connectivity index (χ1n) is 7.93. The number of para-hydroxylation sites is 2. The minimum absolute atomic E-state index is 0.0440. The van der Waals surface area contributed by atoms with Crippen molar-refractivity contribution in [3.05, 3.63) is 77.6 Å². The second-order valence-corrected chi connectivity index (χ2v) is 6.08. The SMILES string of the molecule is O=C1CN(c2ccccc2Cl)N=C(c2ccnn2-c2ccccc2)C1=O. The summed E-state index contributed by atoms with van der Waals surface area (Å²) in [5, 5.41) is 10.6. The minimum atomic E-state index is -0.633. The highest BCUT2D eigenvalue weighted by molar-refractivity contribution is 6.69. The van der Waals surface area contributed by atoms with Crippen LogP contribution in [0.4, 0.5) is 5.69 Å². The van der Waals surface area contributed by atoms with Gasteiger partial charge in [-0.2, -0.15) is 10.2 Å². The van der Waals surface area contributed by atoms with Gasteiger partial charge in [-0.05, 0) is 30.3 Å². The topological polar surface area (TPSA) is 67.6 Å². The Bertz CT molecular complexity index is 1030. The number of nitrogens with zero attached hydrogens (tertiary/aromatic N) is 4. The van der Waals surface area contributed by atoms with Crippen LogP contribution in [0.25, 0.3) is 5.69 Å². The summed E-state index contributed by atoms with van der Waals surface area (Å²) in [4.78, 5) is 24.8. The first-order valence-corrected chi connectivity index (χ1v) is 8.31. The number of ketones is 2. The first-order chi connectivity index (χ1) is 12.6. The predicted octanol–water partition coefficient (Wildman–Crippen LogP) is 2.89. The maximum Gasteiger partial charge on any atom is 0.252 e. The minimum Gasteiger partial charge on any atom is -0.288 e. The molecule has 3 aromatic rings. The number of aromatic nitrogens is 2. The average molecular weight is 365 g/mol. The van der Waals surface area contributed by atoms with E-state index in [2.05, 4.69) is 10.2 Å². The Balaban J connectivity index is 1.83. The summed E-state index contributed by atoms with van der Waals surface area (Å²) in [5.41, 5.74) is 1.83. The van der Waals surface area contributed by atoms with Gasteiger partial charge in [0.2, 0.25) is 5.78 Å². The van der Waals surface area contributed by atoms with Crippen molar-refractivity contribution in [2.24, 2.45) is 5.10 Å². The van der Waals surface area contributed by atoms with Crippen molar-refractivity contribution in [1.29, 1.82) is 0 Å². The molecule has 0 aliphatic carbocycles. The maximum atomic E-state index is 12.5. The third-order valence-electron chi connectivity index (χ3n) is 4.00. The van der Waals surface area contributed by atoms with Crippen molar-refractivity contribution < 1.29 is 9.59 Å². The van der Waals surface area contributed by atoms with Crippen molar-refractivity contribution in [2.75, 3.05) is 11.6 Å². The fraction of sp³-hybridized carbons (Fsp3) is 0.0526. The number of hydrogen-bond acceptors (Lipinski definition) is 5. The van der Waals surface area contributed by atoms with Gasteiger partial charge in [-0.25, -0.2) is 4.68 Å². The van der Waals surface area contributed by atoms with E-state index in [1.807, 2.05) is 30.3 Å². The van der Waals surface area contributed by atoms with Crippen LogP contribution in [-0.4, -0.2) is 33.6 Å². The third kappa shape index (κ3) is 2.80. The van der Waals surface area contributed by atoms with Gasteiger partial charge in [-0.3, -0.25) is 14.6 Å². The molecule has 2 heterocycles. The van der Waals surface area contributed by atoms with Crippen LogP contribution >= 0.6 is 11.6 Å². The quantitative estimate of drug-likeness (QED) is 0.670. The Morgan fingerprint density at radius 2 is 1.65 bits per heavy atom. The number of hydrazone groups is 1. The second-order valence-electron chi connectivity index (χ2n) is 5.67. The van der Waals surface area contributed by atoms with Crippen molar-refractivity contribution >= 4 is 34.6 Å². The van der Waals surface area contributed by atoms with E-state index in [0.29, 0.717) is 16.4 Å². The largest absolute Gasteiger partial charge is 0.288 e. The van der Waals surface area contributed by atoms with Gasteiger partial charge < -0.3 is 0 Å². The summed E-state index contributed by atoms with van der Waals surface area (Å²) in [6, 6.07) is 18.0. The molecule has 7 heteroatoms. The number of Topliss-reactive ketones (excluding diaryl/α,β-unsaturated/α-hetero) is 2. The molecule has 1 aromatic heterocycles. The van der Waals surface area contributed by atoms with Gasteiger partial charge >= 0.3 is 0 Å². The molecule has 0 spiro atoms. The number of hydrogen-bond donors (Lipinski definition) is 0. The number of rotatable bonds is 3. The highest BCUT2D eigenvalue weighted by atomic mass is 35.5. The van der Waals surface area contributed by atoms with Gasteiger partial charge in [0, 0.05) is 0 Å². The zero-order valence-electron chi connectivity index (χ0n) is 13.5. The number of benzene rings is 2. The highest BCUT2D eigenvalue weighted by Gasteiger charge is 2.32. The summed E-state index contributed by atoms with van der Waals surface area (Å²) < 4.78 is 1.58. The lowest BCUT2D eigenvalue weighted by Gasteiger charge is -2.24. The van der Waals surface area contributed by atoms with Crippen molar-refractivity contribution in [1.82, 2.24) is 9.78 Å². The molecule has 26 heavy (non-hydrogen) atoms. The fourth-order valence-corrected chi connectivity index (χ4v) is 3.00. The van der Waals surface area contributed by atoms with Crippen molar-refractivity contribution in [3.63, 3.8) is 0 Å². The van der Waals surface area contributed by atoms with Gasteiger partial charge in [0.1, 0.15) is 6.54 Å². The van der Waals surface area contributed by atoms with Crippen molar-refractivity contribution in [2.45, 2.75) is 0 Å². The van der Waals surface area contributed by atoms with Crippen LogP contribution in [0.2, 0.25) is 5.02 Å². The molecule has 0 unspecified atom stereocenters. The number of halogens is 1. The Hall–Kier alpha value is -3.25. The summed E-state index contributed by atoms with van der Waals surface area (Å²) in [6.45, 7) is -0.147. The molecule has 0 bridgehead atoms. The number of carbonyl (C=O) groups excluding carboxylic acids is 2. The lowest BCUT2D eigenvalue weighted by Crippen LogP contribution is -2.42. The van der Waals surface area contributed by atoms with E-state index in [4.69, 9.17) is 11.6 Å². The van der Waals surface area contributed by atoms with Crippen LogP contribution in [0.15, 0.2) is 72.0 Å². The zero-order valence-corrected chi connectivity index (χ0v) is 14.3. The molecule has 0 N–H and O–H groups in total. The molecule has 6 nitrogen and oxygen atoms in total. The van der Waals surface area contributed by atoms with Crippen LogP contribution in [0.1, 0.15) is 5.69 Å². The number of anilines is 1. The zero-order chi connectivity index (χ0) is 18.1. The smallest absolute Gasteiger partial charge is 0.252 e. The van der Waals surface area contributed by atoms with E-state index in [9.17, 15) is 9.59 Å². The Kier molecular flexibility index (Phi) is 4.10. The molecule has 1 aliphatic rings. The normalized spacial score (nSPS) is 14.5. The standard InChI is InChI=1S/C19H13ClN4O2/c20-14-8-4-5-9-15(14)23-12-17(25)19(26)18(22-23)16-10-11-21-24(16)13-6-2-1-3-7-13/h1-11H,12H2. The molecular formula is C19H13ClN4O2. The van der Waals surface area contributed by atoms with Crippen LogP contribution in [0.3, 0.4) is 0 Å². The van der Waals surface area contributed by atoms with E-state index < -0.39 is 11.6 Å². The average Bonchev–Trinajstić information content (AvgIpc) is 3.14. The van der Waals surface area contributed by atoms with E-state index in [1.54, 1.807) is 41.2 Å². The molecule has 1 aliphatic heterocycles. The molecule has 0 radical (unpaired) electrons. The van der Waals surface area contributed by atoms with Gasteiger partial charge in [-0.1, -0.05) is 41.9 Å². The Morgan fingerprint density at radius 1 is 0.923 bits per heavy atom. The maximum absolute atomic E-state index is 12.5. The van der Waals surface area contributed by atoms with E-state index >= 15 is 0 Å². The van der Waals surface area contributed by atoms with Crippen LogP contribution in [0.5, 0.6) is 0 Å². The van der Waals surface area contributed by atoms with E-state index in [1.165, 1.54) is 5.01 Å². The summed E-state index contributed by atoms with van der Waals surface area (Å²) in [7, 11) is 0. The molecule has 0 saturated carbocycles. The Labute approximate surface area is 154 Å². The molecule has 0 atom stereocenters. The van der Waals surface area contributed by atoms with Crippen LogP contribution in [-0.2, 0) is 9.59 Å². The van der Waals surface area contributed by atoms with Crippen molar-refractivity contribution in [3.8, 4) is 5.69 Å². The second kappa shape index (κ2) is 6.57. The fourth-order valence-electron chi connectivity index (χ4n) is 2.77. The van der Waals surface area contributed by atoms with Crippen LogP contribution < -0.4 is 5.01 Å². The Morgan fingerprint density at radius 3 is 2.42 bits per heavy atom. The lowest BCUT2D eigenvalue weighted by molar-refractivity contribution is -0.132. The van der Waals surface area contributed by atoms with Crippen LogP contribution in [0, 0.1) is 0 Å². The number of carbonyl (C=O) groups is 2. The van der Waals surface area contributed by atoms with E-state index in [-0.39, 0.29) is 12.3 Å².